The van der Waals surface area contributed by atoms with Crippen LogP contribution in [0.2, 0.25) is 0 Å². The van der Waals surface area contributed by atoms with E-state index in [-0.39, 0.29) is 11.9 Å². The third-order valence-electron chi connectivity index (χ3n) is 6.19. The van der Waals surface area contributed by atoms with Crippen molar-refractivity contribution in [3.05, 3.63) is 42.5 Å². The van der Waals surface area contributed by atoms with Gasteiger partial charge in [-0.15, -0.1) is 0 Å². The normalized spacial score (nSPS) is 18.8. The number of H-pyrrole nitrogens is 1. The third-order valence-corrected chi connectivity index (χ3v) is 6.19. The lowest BCUT2D eigenvalue weighted by Crippen LogP contribution is -2.38. The number of pyridine rings is 1. The summed E-state index contributed by atoms with van der Waals surface area (Å²) in [5, 5.41) is 11.6. The van der Waals surface area contributed by atoms with Gasteiger partial charge in [-0.25, -0.2) is 9.50 Å². The van der Waals surface area contributed by atoms with E-state index in [9.17, 15) is 4.79 Å². The van der Waals surface area contributed by atoms with Gasteiger partial charge < -0.3 is 20.4 Å². The monoisotopic (exact) mass is 433 g/mol. The number of nitrogens with one attached hydrogen (secondary N) is 3. The van der Waals surface area contributed by atoms with E-state index in [4.69, 9.17) is 4.74 Å². The van der Waals surface area contributed by atoms with Crippen LogP contribution in [0.15, 0.2) is 36.9 Å². The summed E-state index contributed by atoms with van der Waals surface area (Å²) in [6.45, 7) is 2.77. The van der Waals surface area contributed by atoms with Crippen molar-refractivity contribution in [3.8, 4) is 11.1 Å². The molecule has 0 aliphatic heterocycles. The number of hydrogen-bond acceptors (Lipinski definition) is 6. The quantitative estimate of drug-likeness (QED) is 0.430. The Morgan fingerprint density at radius 3 is 2.91 bits per heavy atom. The predicted molar refractivity (Wildman–Crippen MR) is 123 cm³/mol. The van der Waals surface area contributed by atoms with Gasteiger partial charge in [-0.3, -0.25) is 4.79 Å². The van der Waals surface area contributed by atoms with Crippen molar-refractivity contribution in [1.29, 1.82) is 0 Å². The standard InChI is InChI=1S/C23H27N7O2/c1-3-24-23-26-12-18-17(11-25-21(18)29-23)14-8-9-30-20(10-14)19(13-27-30)22(31)28-15-4-6-16(32-2)7-5-15/h8-13,15-16H,3-7H2,1-2H3,(H,28,31)(H2,24,25,26,29). The lowest BCUT2D eigenvalue weighted by atomic mass is 9.93. The van der Waals surface area contributed by atoms with Crippen molar-refractivity contribution in [2.75, 3.05) is 19.0 Å². The number of carbonyl (C=O) groups excluding carboxylic acids is 1. The summed E-state index contributed by atoms with van der Waals surface area (Å²) in [7, 11) is 1.75. The summed E-state index contributed by atoms with van der Waals surface area (Å²) in [6.07, 6.45) is 11.3. The van der Waals surface area contributed by atoms with Crippen LogP contribution in [0.1, 0.15) is 43.0 Å². The topological polar surface area (TPSA) is 109 Å². The van der Waals surface area contributed by atoms with E-state index in [0.717, 1.165) is 59.9 Å². The summed E-state index contributed by atoms with van der Waals surface area (Å²) in [6, 6.07) is 4.14. The van der Waals surface area contributed by atoms with Gasteiger partial charge in [-0.1, -0.05) is 0 Å². The molecule has 4 aromatic heterocycles. The van der Waals surface area contributed by atoms with Crippen LogP contribution in [0.3, 0.4) is 0 Å². The highest BCUT2D eigenvalue weighted by Gasteiger charge is 2.24. The lowest BCUT2D eigenvalue weighted by molar-refractivity contribution is 0.0599. The Morgan fingerprint density at radius 1 is 1.28 bits per heavy atom. The van der Waals surface area contributed by atoms with E-state index < -0.39 is 0 Å². The predicted octanol–water partition coefficient (Wildman–Crippen LogP) is 3.39. The molecule has 4 heterocycles. The maximum atomic E-state index is 13.0. The molecule has 0 atom stereocenters. The van der Waals surface area contributed by atoms with Crippen LogP contribution >= 0.6 is 0 Å². The van der Waals surface area contributed by atoms with Crippen molar-refractivity contribution in [2.45, 2.75) is 44.8 Å². The van der Waals surface area contributed by atoms with Gasteiger partial charge in [-0.2, -0.15) is 10.1 Å². The van der Waals surface area contributed by atoms with Crippen LogP contribution in [0, 0.1) is 0 Å². The van der Waals surface area contributed by atoms with Crippen molar-refractivity contribution in [1.82, 2.24) is 29.9 Å². The number of anilines is 1. The minimum absolute atomic E-state index is 0.0874. The molecular weight excluding hydrogens is 406 g/mol. The Morgan fingerprint density at radius 2 is 2.12 bits per heavy atom. The molecule has 1 aliphatic carbocycles. The molecular formula is C23H27N7O2. The van der Waals surface area contributed by atoms with E-state index >= 15 is 0 Å². The fraction of sp³-hybridized carbons (Fsp3) is 0.391. The van der Waals surface area contributed by atoms with E-state index in [1.165, 1.54) is 0 Å². The average Bonchev–Trinajstić information content (AvgIpc) is 3.43. The zero-order valence-corrected chi connectivity index (χ0v) is 18.3. The average molecular weight is 434 g/mol. The van der Waals surface area contributed by atoms with Gasteiger partial charge in [0.05, 0.1) is 23.4 Å². The SMILES string of the molecule is CCNc1ncc2c(-c3ccn4ncc(C(=O)NC5CCC(OC)CC5)c4c3)c[nH]c2n1. The third kappa shape index (κ3) is 3.80. The highest BCUT2D eigenvalue weighted by Crippen LogP contribution is 2.29. The Hall–Kier alpha value is -3.46. The number of aromatic nitrogens is 5. The van der Waals surface area contributed by atoms with Crippen molar-refractivity contribution >= 4 is 28.4 Å². The molecule has 1 fully saturated rings. The number of rotatable bonds is 6. The summed E-state index contributed by atoms with van der Waals surface area (Å²) in [4.78, 5) is 25.2. The first-order valence-electron chi connectivity index (χ1n) is 11.1. The first-order chi connectivity index (χ1) is 15.7. The molecule has 9 nitrogen and oxygen atoms in total. The molecule has 5 rings (SSSR count). The molecule has 0 saturated heterocycles. The summed E-state index contributed by atoms with van der Waals surface area (Å²) >= 11 is 0. The molecule has 32 heavy (non-hydrogen) atoms. The second-order valence-corrected chi connectivity index (χ2v) is 8.17. The van der Waals surface area contributed by atoms with Gasteiger partial charge in [0.25, 0.3) is 5.91 Å². The molecule has 1 saturated carbocycles. The number of nitrogens with zero attached hydrogens (tertiary/aromatic N) is 4. The Kier molecular flexibility index (Phi) is 5.48. The second kappa shape index (κ2) is 8.58. The van der Waals surface area contributed by atoms with Gasteiger partial charge in [0.2, 0.25) is 5.95 Å². The largest absolute Gasteiger partial charge is 0.381 e. The molecule has 0 bridgehead atoms. The first kappa shape index (κ1) is 20.4. The Labute approximate surface area is 185 Å². The van der Waals surface area contributed by atoms with Crippen LogP contribution in [0.25, 0.3) is 27.7 Å². The fourth-order valence-electron chi connectivity index (χ4n) is 4.42. The molecule has 0 unspecified atom stereocenters. The van der Waals surface area contributed by atoms with Crippen LogP contribution in [-0.2, 0) is 4.74 Å². The van der Waals surface area contributed by atoms with Crippen molar-refractivity contribution < 1.29 is 9.53 Å². The summed E-state index contributed by atoms with van der Waals surface area (Å²) in [5.41, 5.74) is 4.06. The number of methoxy groups -OCH3 is 1. The van der Waals surface area contributed by atoms with Crippen molar-refractivity contribution in [3.63, 3.8) is 0 Å². The number of ether oxygens (including phenoxy) is 1. The molecule has 1 aliphatic rings. The summed E-state index contributed by atoms with van der Waals surface area (Å²) in [5.74, 6) is 0.508. The number of fused-ring (bicyclic) bond motifs is 2. The van der Waals surface area contributed by atoms with Crippen molar-refractivity contribution in [2.24, 2.45) is 0 Å². The number of carbonyl (C=O) groups is 1. The lowest BCUT2D eigenvalue weighted by Gasteiger charge is -2.28. The minimum atomic E-state index is -0.0874. The highest BCUT2D eigenvalue weighted by molar-refractivity contribution is 6.02. The van der Waals surface area contributed by atoms with Crippen LogP contribution in [-0.4, -0.2) is 56.3 Å². The maximum absolute atomic E-state index is 13.0. The molecule has 9 heteroatoms. The number of amides is 1. The second-order valence-electron chi connectivity index (χ2n) is 8.17. The molecule has 1 amide bonds. The molecule has 4 aromatic rings. The van der Waals surface area contributed by atoms with E-state index in [1.54, 1.807) is 17.8 Å². The molecule has 0 aromatic carbocycles. The van der Waals surface area contributed by atoms with Gasteiger partial charge in [0, 0.05) is 49.2 Å². The van der Waals surface area contributed by atoms with Gasteiger partial charge in [0.1, 0.15) is 5.65 Å². The zero-order chi connectivity index (χ0) is 22.1. The molecule has 0 radical (unpaired) electrons. The van der Waals surface area contributed by atoms with E-state index in [0.29, 0.717) is 17.6 Å². The summed E-state index contributed by atoms with van der Waals surface area (Å²) < 4.78 is 7.16. The smallest absolute Gasteiger partial charge is 0.255 e. The zero-order valence-electron chi connectivity index (χ0n) is 18.3. The van der Waals surface area contributed by atoms with Crippen LogP contribution in [0.4, 0.5) is 5.95 Å². The van der Waals surface area contributed by atoms with Crippen LogP contribution in [0.5, 0.6) is 0 Å². The highest BCUT2D eigenvalue weighted by atomic mass is 16.5. The fourth-order valence-corrected chi connectivity index (χ4v) is 4.42. The Balaban J connectivity index is 1.42. The molecule has 3 N–H and O–H groups in total. The number of hydrogen-bond donors (Lipinski definition) is 3. The molecule has 0 spiro atoms. The maximum Gasteiger partial charge on any atom is 0.255 e. The van der Waals surface area contributed by atoms with Crippen LogP contribution < -0.4 is 10.6 Å². The minimum Gasteiger partial charge on any atom is -0.381 e. The van der Waals surface area contributed by atoms with E-state index in [1.807, 2.05) is 37.6 Å². The molecule has 166 valence electrons. The number of aromatic amines is 1. The van der Waals surface area contributed by atoms with Gasteiger partial charge >= 0.3 is 0 Å². The van der Waals surface area contributed by atoms with Gasteiger partial charge in [0.15, 0.2) is 0 Å². The van der Waals surface area contributed by atoms with Gasteiger partial charge in [-0.05, 0) is 50.3 Å². The van der Waals surface area contributed by atoms with E-state index in [2.05, 4.69) is 30.7 Å². The first-order valence-corrected chi connectivity index (χ1v) is 11.1. The Bertz CT molecular complexity index is 1250.